The first-order valence-electron chi connectivity index (χ1n) is 9.27. The Hall–Kier alpha value is -3.78. The second kappa shape index (κ2) is 7.85. The first kappa shape index (κ1) is 17.6. The van der Waals surface area contributed by atoms with E-state index >= 15 is 0 Å². The lowest BCUT2D eigenvalue weighted by atomic mass is 9.99. The van der Waals surface area contributed by atoms with Crippen molar-refractivity contribution in [3.63, 3.8) is 0 Å². The molecular formula is C26H22N2. The van der Waals surface area contributed by atoms with E-state index in [-0.39, 0.29) is 0 Å². The first-order chi connectivity index (χ1) is 13.7. The van der Waals surface area contributed by atoms with E-state index < -0.39 is 0 Å². The molecule has 136 valence electrons. The number of benzene rings is 4. The molecule has 0 radical (unpaired) electrons. The van der Waals surface area contributed by atoms with Gasteiger partial charge in [-0.3, -0.25) is 0 Å². The van der Waals surface area contributed by atoms with Crippen molar-refractivity contribution in [1.29, 1.82) is 0 Å². The Morgan fingerprint density at radius 2 is 0.857 bits per heavy atom. The molecule has 2 nitrogen and oxygen atoms in total. The molecule has 0 saturated heterocycles. The molecular weight excluding hydrogens is 340 g/mol. The van der Waals surface area contributed by atoms with Crippen LogP contribution in [-0.2, 0) is 0 Å². The van der Waals surface area contributed by atoms with Crippen LogP contribution >= 0.6 is 0 Å². The van der Waals surface area contributed by atoms with Gasteiger partial charge < -0.3 is 11.5 Å². The first-order valence-corrected chi connectivity index (χ1v) is 9.27. The highest BCUT2D eigenvalue weighted by molar-refractivity contribution is 5.91. The standard InChI is InChI=1S/C26H22N2/c27-25-13-7-19(8-14-25)5-11-23-17-21-3-1-2-4-22(21)18-24(23)12-6-20-9-15-26(28)16-10-20/h1-18H,27-28H2. The molecule has 0 aliphatic heterocycles. The van der Waals surface area contributed by atoms with Gasteiger partial charge in [0.25, 0.3) is 0 Å². The van der Waals surface area contributed by atoms with Crippen LogP contribution in [0.15, 0.2) is 84.9 Å². The van der Waals surface area contributed by atoms with Gasteiger partial charge in [0.1, 0.15) is 0 Å². The smallest absolute Gasteiger partial charge is 0.0314 e. The van der Waals surface area contributed by atoms with Gasteiger partial charge in [-0.2, -0.15) is 0 Å². The quantitative estimate of drug-likeness (QED) is 0.328. The maximum Gasteiger partial charge on any atom is 0.0314 e. The highest BCUT2D eigenvalue weighted by Crippen LogP contribution is 2.24. The number of rotatable bonds is 4. The molecule has 0 spiro atoms. The van der Waals surface area contributed by atoms with Gasteiger partial charge in [-0.1, -0.05) is 72.8 Å². The molecule has 0 aromatic heterocycles. The lowest BCUT2D eigenvalue weighted by Crippen LogP contribution is -1.85. The maximum atomic E-state index is 5.78. The Labute approximate surface area is 165 Å². The number of hydrogen-bond donors (Lipinski definition) is 2. The number of nitrogen functional groups attached to an aromatic ring is 2. The number of nitrogens with two attached hydrogens (primary N) is 2. The number of fused-ring (bicyclic) bond motifs is 1. The van der Waals surface area contributed by atoms with Gasteiger partial charge in [0, 0.05) is 11.4 Å². The molecule has 0 unspecified atom stereocenters. The minimum atomic E-state index is 0.773. The molecule has 4 N–H and O–H groups in total. The van der Waals surface area contributed by atoms with Gasteiger partial charge in [-0.05, 0) is 69.4 Å². The summed E-state index contributed by atoms with van der Waals surface area (Å²) in [5.74, 6) is 0. The predicted molar refractivity (Wildman–Crippen MR) is 124 cm³/mol. The van der Waals surface area contributed by atoms with Crippen molar-refractivity contribution in [1.82, 2.24) is 0 Å². The van der Waals surface area contributed by atoms with E-state index in [9.17, 15) is 0 Å². The summed E-state index contributed by atoms with van der Waals surface area (Å²) in [7, 11) is 0. The third kappa shape index (κ3) is 4.13. The summed E-state index contributed by atoms with van der Waals surface area (Å²) in [6.45, 7) is 0. The SMILES string of the molecule is Nc1ccc(C=Cc2cc3ccccc3cc2C=Cc2ccc(N)cc2)cc1. The van der Waals surface area contributed by atoms with Crippen molar-refractivity contribution in [2.24, 2.45) is 0 Å². The van der Waals surface area contributed by atoms with Crippen LogP contribution in [0.4, 0.5) is 11.4 Å². The lowest BCUT2D eigenvalue weighted by molar-refractivity contribution is 1.63. The Morgan fingerprint density at radius 3 is 1.25 bits per heavy atom. The summed E-state index contributed by atoms with van der Waals surface area (Å²) in [6, 6.07) is 28.7. The summed E-state index contributed by atoms with van der Waals surface area (Å²) >= 11 is 0. The molecule has 4 rings (SSSR count). The van der Waals surface area contributed by atoms with Gasteiger partial charge in [0.05, 0.1) is 0 Å². The lowest BCUT2D eigenvalue weighted by Gasteiger charge is -2.06. The molecule has 0 bridgehead atoms. The summed E-state index contributed by atoms with van der Waals surface area (Å²) in [4.78, 5) is 0. The van der Waals surface area contributed by atoms with Crippen LogP contribution in [0, 0.1) is 0 Å². The summed E-state index contributed by atoms with van der Waals surface area (Å²) in [5, 5.41) is 2.45. The van der Waals surface area contributed by atoms with Gasteiger partial charge in [-0.15, -0.1) is 0 Å². The fourth-order valence-electron chi connectivity index (χ4n) is 3.15. The minimum Gasteiger partial charge on any atom is -0.399 e. The Bertz CT molecular complexity index is 1060. The molecule has 4 aromatic rings. The van der Waals surface area contributed by atoms with E-state index in [2.05, 4.69) is 60.7 Å². The molecule has 28 heavy (non-hydrogen) atoms. The van der Waals surface area contributed by atoms with E-state index in [0.29, 0.717) is 0 Å². The highest BCUT2D eigenvalue weighted by atomic mass is 14.5. The average Bonchev–Trinajstić information content (AvgIpc) is 2.72. The highest BCUT2D eigenvalue weighted by Gasteiger charge is 2.01. The molecule has 4 aromatic carbocycles. The minimum absolute atomic E-state index is 0.773. The molecule has 0 saturated carbocycles. The van der Waals surface area contributed by atoms with Crippen LogP contribution in [0.3, 0.4) is 0 Å². The zero-order valence-electron chi connectivity index (χ0n) is 15.5. The molecule has 0 aliphatic rings. The summed E-state index contributed by atoms with van der Waals surface area (Å²) in [6.07, 6.45) is 8.54. The monoisotopic (exact) mass is 362 g/mol. The Balaban J connectivity index is 1.73. The number of anilines is 2. The van der Waals surface area contributed by atoms with Crippen LogP contribution in [0.1, 0.15) is 22.3 Å². The van der Waals surface area contributed by atoms with Crippen molar-refractivity contribution in [2.75, 3.05) is 11.5 Å². The zero-order chi connectivity index (χ0) is 19.3. The molecule has 0 atom stereocenters. The van der Waals surface area contributed by atoms with Crippen LogP contribution in [0.2, 0.25) is 0 Å². The molecule has 0 amide bonds. The fraction of sp³-hybridized carbons (Fsp3) is 0. The second-order valence-corrected chi connectivity index (χ2v) is 6.83. The largest absolute Gasteiger partial charge is 0.399 e. The van der Waals surface area contributed by atoms with Gasteiger partial charge in [0.2, 0.25) is 0 Å². The van der Waals surface area contributed by atoms with Crippen LogP contribution in [-0.4, -0.2) is 0 Å². The second-order valence-electron chi connectivity index (χ2n) is 6.83. The average molecular weight is 362 g/mol. The van der Waals surface area contributed by atoms with E-state index in [1.54, 1.807) is 0 Å². The van der Waals surface area contributed by atoms with Crippen molar-refractivity contribution in [2.45, 2.75) is 0 Å². The Morgan fingerprint density at radius 1 is 0.464 bits per heavy atom. The van der Waals surface area contributed by atoms with Crippen LogP contribution in [0.25, 0.3) is 35.1 Å². The third-order valence-corrected chi connectivity index (χ3v) is 4.73. The van der Waals surface area contributed by atoms with E-state index in [0.717, 1.165) is 22.5 Å². The van der Waals surface area contributed by atoms with E-state index in [4.69, 9.17) is 11.5 Å². The van der Waals surface area contributed by atoms with E-state index in [1.807, 2.05) is 48.5 Å². The van der Waals surface area contributed by atoms with Crippen molar-refractivity contribution < 1.29 is 0 Å². The molecule has 0 heterocycles. The van der Waals surface area contributed by atoms with E-state index in [1.165, 1.54) is 21.9 Å². The fourth-order valence-corrected chi connectivity index (χ4v) is 3.15. The number of hydrogen-bond acceptors (Lipinski definition) is 2. The summed E-state index contributed by atoms with van der Waals surface area (Å²) < 4.78 is 0. The van der Waals surface area contributed by atoms with Gasteiger partial charge >= 0.3 is 0 Å². The topological polar surface area (TPSA) is 52.0 Å². The van der Waals surface area contributed by atoms with Crippen LogP contribution in [0.5, 0.6) is 0 Å². The predicted octanol–water partition coefficient (Wildman–Crippen LogP) is 6.35. The molecule has 0 aliphatic carbocycles. The zero-order valence-corrected chi connectivity index (χ0v) is 15.5. The summed E-state index contributed by atoms with van der Waals surface area (Å²) in [5.41, 5.74) is 17.7. The maximum absolute atomic E-state index is 5.78. The normalized spacial score (nSPS) is 11.6. The molecule has 0 fully saturated rings. The van der Waals surface area contributed by atoms with Gasteiger partial charge in [0.15, 0.2) is 0 Å². The van der Waals surface area contributed by atoms with Crippen molar-refractivity contribution in [3.8, 4) is 0 Å². The van der Waals surface area contributed by atoms with Crippen LogP contribution < -0.4 is 11.5 Å². The Kier molecular flexibility index (Phi) is 4.94. The molecule has 2 heteroatoms. The third-order valence-electron chi connectivity index (χ3n) is 4.73. The van der Waals surface area contributed by atoms with Crippen molar-refractivity contribution in [3.05, 3.63) is 107 Å². The van der Waals surface area contributed by atoms with Crippen molar-refractivity contribution >= 4 is 46.5 Å². The van der Waals surface area contributed by atoms with Gasteiger partial charge in [-0.25, -0.2) is 0 Å².